The maximum Gasteiger partial charge on any atom is 0.315 e. The highest BCUT2D eigenvalue weighted by molar-refractivity contribution is 5.73. The lowest BCUT2D eigenvalue weighted by Crippen LogP contribution is -2.40. The summed E-state index contributed by atoms with van der Waals surface area (Å²) in [6.07, 6.45) is 0. The van der Waals surface area contributed by atoms with Crippen LogP contribution in [0.2, 0.25) is 0 Å². The number of nitrogens with one attached hydrogen (secondary N) is 2. The molecule has 0 radical (unpaired) electrons. The number of nitrogens with zero attached hydrogens (tertiary/aromatic N) is 1. The van der Waals surface area contributed by atoms with E-state index in [-0.39, 0.29) is 12.1 Å². The third-order valence-electron chi connectivity index (χ3n) is 3.95. The maximum absolute atomic E-state index is 12.1. The van der Waals surface area contributed by atoms with E-state index in [2.05, 4.69) is 15.5 Å². The first kappa shape index (κ1) is 18.8. The molecule has 0 spiro atoms. The zero-order valence-electron chi connectivity index (χ0n) is 15.2. The highest BCUT2D eigenvalue weighted by Crippen LogP contribution is 2.20. The molecule has 0 bridgehead atoms. The first-order valence-electron chi connectivity index (χ1n) is 8.55. The Balaban J connectivity index is 1.87. The average Bonchev–Trinajstić information content (AvgIpc) is 2.62. The monoisotopic (exact) mass is 341 g/mol. The van der Waals surface area contributed by atoms with Gasteiger partial charge in [-0.2, -0.15) is 0 Å². The molecule has 2 amide bonds. The number of urea groups is 1. The van der Waals surface area contributed by atoms with Crippen LogP contribution < -0.4 is 15.4 Å². The summed E-state index contributed by atoms with van der Waals surface area (Å²) in [7, 11) is 4.01. The number of carbonyl (C=O) groups excluding carboxylic acids is 1. The van der Waals surface area contributed by atoms with Crippen molar-refractivity contribution in [1.29, 1.82) is 0 Å². The van der Waals surface area contributed by atoms with Gasteiger partial charge >= 0.3 is 6.03 Å². The molecule has 25 heavy (non-hydrogen) atoms. The van der Waals surface area contributed by atoms with Crippen molar-refractivity contribution in [3.8, 4) is 5.75 Å². The number of carbonyl (C=O) groups is 1. The van der Waals surface area contributed by atoms with E-state index in [1.54, 1.807) is 0 Å². The van der Waals surface area contributed by atoms with E-state index in [4.69, 9.17) is 4.74 Å². The van der Waals surface area contributed by atoms with Gasteiger partial charge in [-0.1, -0.05) is 42.5 Å². The number of benzene rings is 2. The van der Waals surface area contributed by atoms with E-state index >= 15 is 0 Å². The second-order valence-electron chi connectivity index (χ2n) is 6.03. The largest absolute Gasteiger partial charge is 0.494 e. The van der Waals surface area contributed by atoms with Crippen LogP contribution in [0, 0.1) is 0 Å². The molecule has 5 nitrogen and oxygen atoms in total. The summed E-state index contributed by atoms with van der Waals surface area (Å²) in [5.74, 6) is 0.859. The van der Waals surface area contributed by atoms with Crippen LogP contribution in [0.5, 0.6) is 5.75 Å². The fraction of sp³-hybridized carbons (Fsp3) is 0.350. The lowest BCUT2D eigenvalue weighted by atomic mass is 10.1. The van der Waals surface area contributed by atoms with Gasteiger partial charge in [-0.15, -0.1) is 0 Å². The molecule has 0 aromatic heterocycles. The van der Waals surface area contributed by atoms with Crippen LogP contribution in [0.15, 0.2) is 54.6 Å². The van der Waals surface area contributed by atoms with Gasteiger partial charge in [-0.25, -0.2) is 4.79 Å². The Morgan fingerprint density at radius 2 is 1.72 bits per heavy atom. The van der Waals surface area contributed by atoms with Crippen molar-refractivity contribution in [1.82, 2.24) is 15.5 Å². The Kier molecular flexibility index (Phi) is 7.29. The van der Waals surface area contributed by atoms with Crippen LogP contribution in [0.3, 0.4) is 0 Å². The molecule has 0 aliphatic heterocycles. The van der Waals surface area contributed by atoms with Crippen molar-refractivity contribution < 1.29 is 9.53 Å². The van der Waals surface area contributed by atoms with Gasteiger partial charge in [-0.3, -0.25) is 0 Å². The van der Waals surface area contributed by atoms with Crippen LogP contribution in [0.1, 0.15) is 24.1 Å². The van der Waals surface area contributed by atoms with E-state index < -0.39 is 0 Å². The summed E-state index contributed by atoms with van der Waals surface area (Å²) in [6, 6.07) is 17.8. The molecule has 134 valence electrons. The van der Waals surface area contributed by atoms with E-state index in [9.17, 15) is 4.79 Å². The number of amides is 2. The van der Waals surface area contributed by atoms with E-state index in [1.807, 2.05) is 75.6 Å². The van der Waals surface area contributed by atoms with Crippen LogP contribution in [-0.2, 0) is 6.54 Å². The second-order valence-corrected chi connectivity index (χ2v) is 6.03. The number of rotatable bonds is 8. The zero-order valence-corrected chi connectivity index (χ0v) is 15.2. The van der Waals surface area contributed by atoms with Crippen LogP contribution in [-0.4, -0.2) is 38.2 Å². The Labute approximate surface area is 150 Å². The van der Waals surface area contributed by atoms with Gasteiger partial charge in [0.1, 0.15) is 5.75 Å². The molecule has 1 atom stereocenters. The van der Waals surface area contributed by atoms with E-state index in [0.717, 1.165) is 16.9 Å². The standard InChI is InChI=1S/C20H27N3O2/c1-4-25-18-12-10-17(11-13-18)19(23(2)3)15-22-20(24)21-14-16-8-6-5-7-9-16/h5-13,19H,4,14-15H2,1-3H3,(H2,21,22,24). The molecule has 2 aromatic carbocycles. The molecule has 0 fully saturated rings. The number of hydrogen-bond donors (Lipinski definition) is 2. The fourth-order valence-electron chi connectivity index (χ4n) is 2.58. The summed E-state index contributed by atoms with van der Waals surface area (Å²) in [6.45, 7) is 3.66. The molecule has 2 rings (SSSR count). The quantitative estimate of drug-likeness (QED) is 0.775. The second kappa shape index (κ2) is 9.69. The van der Waals surface area contributed by atoms with E-state index in [0.29, 0.717) is 19.7 Å². The van der Waals surface area contributed by atoms with Gasteiger partial charge < -0.3 is 20.3 Å². The number of ether oxygens (including phenoxy) is 1. The summed E-state index contributed by atoms with van der Waals surface area (Å²) < 4.78 is 5.48. The predicted octanol–water partition coefficient (Wildman–Crippen LogP) is 3.19. The molecule has 0 heterocycles. The summed E-state index contributed by atoms with van der Waals surface area (Å²) >= 11 is 0. The van der Waals surface area contributed by atoms with Gasteiger partial charge in [0.05, 0.1) is 12.6 Å². The van der Waals surface area contributed by atoms with Gasteiger partial charge in [0.15, 0.2) is 0 Å². The molecule has 0 saturated carbocycles. The van der Waals surface area contributed by atoms with Crippen LogP contribution in [0.25, 0.3) is 0 Å². The van der Waals surface area contributed by atoms with Crippen molar-refractivity contribution in [3.63, 3.8) is 0 Å². The topological polar surface area (TPSA) is 53.6 Å². The third-order valence-corrected chi connectivity index (χ3v) is 3.95. The molecule has 0 saturated heterocycles. The Hall–Kier alpha value is -2.53. The van der Waals surface area contributed by atoms with Gasteiger partial charge in [-0.05, 0) is 44.3 Å². The van der Waals surface area contributed by atoms with Crippen LogP contribution in [0.4, 0.5) is 4.79 Å². The SMILES string of the molecule is CCOc1ccc(C(CNC(=O)NCc2ccccc2)N(C)C)cc1. The number of likely N-dealkylation sites (N-methyl/N-ethyl adjacent to an activating group) is 1. The first-order valence-corrected chi connectivity index (χ1v) is 8.55. The van der Waals surface area contributed by atoms with Crippen LogP contribution >= 0.6 is 0 Å². The minimum atomic E-state index is -0.165. The van der Waals surface area contributed by atoms with Crippen molar-refractivity contribution in [2.24, 2.45) is 0 Å². The van der Waals surface area contributed by atoms with Gasteiger partial charge in [0, 0.05) is 13.1 Å². The average molecular weight is 341 g/mol. The van der Waals surface area contributed by atoms with Crippen molar-refractivity contribution >= 4 is 6.03 Å². The predicted molar refractivity (Wildman–Crippen MR) is 101 cm³/mol. The van der Waals surface area contributed by atoms with E-state index in [1.165, 1.54) is 0 Å². The summed E-state index contributed by atoms with van der Waals surface area (Å²) in [5, 5.41) is 5.83. The van der Waals surface area contributed by atoms with Gasteiger partial charge in [0.2, 0.25) is 0 Å². The summed E-state index contributed by atoms with van der Waals surface area (Å²) in [4.78, 5) is 14.1. The maximum atomic E-state index is 12.1. The molecular formula is C20H27N3O2. The minimum absolute atomic E-state index is 0.0955. The Morgan fingerprint density at radius 3 is 2.32 bits per heavy atom. The molecular weight excluding hydrogens is 314 g/mol. The fourth-order valence-corrected chi connectivity index (χ4v) is 2.58. The normalized spacial score (nSPS) is 11.8. The molecule has 5 heteroatoms. The zero-order chi connectivity index (χ0) is 18.1. The van der Waals surface area contributed by atoms with Crippen molar-refractivity contribution in [3.05, 3.63) is 65.7 Å². The molecule has 0 aliphatic carbocycles. The Morgan fingerprint density at radius 1 is 1.04 bits per heavy atom. The highest BCUT2D eigenvalue weighted by Gasteiger charge is 2.15. The molecule has 2 aromatic rings. The minimum Gasteiger partial charge on any atom is -0.494 e. The first-order chi connectivity index (χ1) is 12.1. The molecule has 0 aliphatic rings. The lowest BCUT2D eigenvalue weighted by molar-refractivity contribution is 0.232. The highest BCUT2D eigenvalue weighted by atomic mass is 16.5. The van der Waals surface area contributed by atoms with Gasteiger partial charge in [0.25, 0.3) is 0 Å². The third kappa shape index (κ3) is 6.12. The molecule has 1 unspecified atom stereocenters. The number of hydrogen-bond acceptors (Lipinski definition) is 3. The smallest absolute Gasteiger partial charge is 0.315 e. The lowest BCUT2D eigenvalue weighted by Gasteiger charge is -2.25. The summed E-state index contributed by atoms with van der Waals surface area (Å²) in [5.41, 5.74) is 2.21. The van der Waals surface area contributed by atoms with Crippen molar-refractivity contribution in [2.75, 3.05) is 27.2 Å². The van der Waals surface area contributed by atoms with Crippen molar-refractivity contribution in [2.45, 2.75) is 19.5 Å². The molecule has 2 N–H and O–H groups in total. The Bertz CT molecular complexity index is 642.